The van der Waals surface area contributed by atoms with Crippen molar-refractivity contribution in [2.75, 3.05) is 19.0 Å². The van der Waals surface area contributed by atoms with Gasteiger partial charge in [-0.2, -0.15) is 0 Å². The molecule has 2 aromatic rings. The lowest BCUT2D eigenvalue weighted by atomic mass is 10.0. The molecule has 0 bridgehead atoms. The lowest BCUT2D eigenvalue weighted by Crippen LogP contribution is -2.21. The molecule has 0 heterocycles. The van der Waals surface area contributed by atoms with Gasteiger partial charge in [0.2, 0.25) is 0 Å². The summed E-state index contributed by atoms with van der Waals surface area (Å²) in [5, 5.41) is 3.45. The minimum absolute atomic E-state index is 0.0538. The number of methoxy groups -OCH3 is 1. The molecule has 4 heteroatoms. The molecule has 0 aliphatic rings. The number of hydrogen-bond acceptors (Lipinski definition) is 3. The average molecular weight is 335 g/mol. The minimum Gasteiger partial charge on any atom is -0.495 e. The molecule has 0 spiro atoms. The number of para-hydroxylation sites is 2. The van der Waals surface area contributed by atoms with Gasteiger partial charge in [0, 0.05) is 11.0 Å². The van der Waals surface area contributed by atoms with Gasteiger partial charge < -0.3 is 15.8 Å². The molecule has 3 nitrogen and oxygen atoms in total. The van der Waals surface area contributed by atoms with E-state index in [0.717, 1.165) is 15.9 Å². The van der Waals surface area contributed by atoms with E-state index >= 15 is 0 Å². The molecule has 1 atom stereocenters. The fourth-order valence-corrected chi connectivity index (χ4v) is 2.36. The Morgan fingerprint density at radius 3 is 2.65 bits per heavy atom. The van der Waals surface area contributed by atoms with Gasteiger partial charge in [-0.3, -0.25) is 0 Å². The van der Waals surface area contributed by atoms with Crippen LogP contribution >= 0.6 is 15.9 Å². The van der Waals surface area contributed by atoms with Crippen LogP contribution in [0.15, 0.2) is 46.9 Å². The van der Waals surface area contributed by atoms with Crippen LogP contribution in [-0.4, -0.2) is 13.7 Å². The van der Waals surface area contributed by atoms with Gasteiger partial charge in [0.25, 0.3) is 0 Å². The first-order valence-electron chi connectivity index (χ1n) is 6.51. The quantitative estimate of drug-likeness (QED) is 0.872. The van der Waals surface area contributed by atoms with Gasteiger partial charge in [0.05, 0.1) is 18.8 Å². The Morgan fingerprint density at radius 2 is 2.00 bits per heavy atom. The van der Waals surface area contributed by atoms with Crippen LogP contribution in [-0.2, 0) is 0 Å². The second kappa shape index (κ2) is 6.77. The van der Waals surface area contributed by atoms with Crippen LogP contribution in [0.5, 0.6) is 5.75 Å². The van der Waals surface area contributed by atoms with Crippen molar-refractivity contribution >= 4 is 21.6 Å². The number of rotatable bonds is 5. The molecular formula is C16H19BrN2O. The summed E-state index contributed by atoms with van der Waals surface area (Å²) < 4.78 is 6.46. The van der Waals surface area contributed by atoms with Crippen LogP contribution in [0.4, 0.5) is 5.69 Å². The molecular weight excluding hydrogens is 316 g/mol. The van der Waals surface area contributed by atoms with E-state index in [4.69, 9.17) is 10.5 Å². The minimum atomic E-state index is 0.0538. The first-order chi connectivity index (χ1) is 9.65. The van der Waals surface area contributed by atoms with Gasteiger partial charge in [0.15, 0.2) is 0 Å². The molecule has 106 valence electrons. The SMILES string of the molecule is COc1ccccc1NC(CN)c1ccc(Br)c(C)c1. The zero-order valence-electron chi connectivity index (χ0n) is 11.7. The molecule has 0 saturated heterocycles. The fourth-order valence-electron chi connectivity index (χ4n) is 2.11. The highest BCUT2D eigenvalue weighted by atomic mass is 79.9. The third-order valence-corrected chi connectivity index (χ3v) is 4.15. The summed E-state index contributed by atoms with van der Waals surface area (Å²) in [7, 11) is 1.67. The summed E-state index contributed by atoms with van der Waals surface area (Å²) in [5.74, 6) is 0.819. The van der Waals surface area contributed by atoms with Gasteiger partial charge >= 0.3 is 0 Å². The number of anilines is 1. The summed E-state index contributed by atoms with van der Waals surface area (Å²) in [6.45, 7) is 2.59. The van der Waals surface area contributed by atoms with Crippen molar-refractivity contribution in [3.8, 4) is 5.75 Å². The van der Waals surface area contributed by atoms with Crippen LogP contribution in [0.3, 0.4) is 0 Å². The lowest BCUT2D eigenvalue weighted by molar-refractivity contribution is 0.416. The predicted octanol–water partition coefficient (Wildman–Crippen LogP) is 3.88. The number of hydrogen-bond donors (Lipinski definition) is 2. The summed E-state index contributed by atoms with van der Waals surface area (Å²) in [5.41, 5.74) is 9.23. The maximum absolute atomic E-state index is 5.92. The van der Waals surface area contributed by atoms with E-state index in [2.05, 4.69) is 46.4 Å². The lowest BCUT2D eigenvalue weighted by Gasteiger charge is -2.21. The monoisotopic (exact) mass is 334 g/mol. The molecule has 1 unspecified atom stereocenters. The zero-order valence-corrected chi connectivity index (χ0v) is 13.3. The third kappa shape index (κ3) is 3.32. The number of nitrogens with two attached hydrogens (primary N) is 1. The van der Waals surface area contributed by atoms with Crippen molar-refractivity contribution in [2.24, 2.45) is 5.73 Å². The first-order valence-corrected chi connectivity index (χ1v) is 7.30. The van der Waals surface area contributed by atoms with E-state index < -0.39 is 0 Å². The largest absolute Gasteiger partial charge is 0.495 e. The molecule has 0 fully saturated rings. The van der Waals surface area contributed by atoms with Crippen molar-refractivity contribution in [1.29, 1.82) is 0 Å². The highest BCUT2D eigenvalue weighted by Gasteiger charge is 2.12. The molecule has 0 aromatic heterocycles. The van der Waals surface area contributed by atoms with Crippen molar-refractivity contribution in [3.63, 3.8) is 0 Å². The zero-order chi connectivity index (χ0) is 14.5. The highest BCUT2D eigenvalue weighted by molar-refractivity contribution is 9.10. The van der Waals surface area contributed by atoms with Crippen LogP contribution in [0.1, 0.15) is 17.2 Å². The first kappa shape index (κ1) is 14.9. The Bertz CT molecular complexity index is 586. The highest BCUT2D eigenvalue weighted by Crippen LogP contribution is 2.28. The summed E-state index contributed by atoms with van der Waals surface area (Å²) in [4.78, 5) is 0. The van der Waals surface area contributed by atoms with Crippen molar-refractivity contribution in [1.82, 2.24) is 0 Å². The Kier molecular flexibility index (Phi) is 5.04. The van der Waals surface area contributed by atoms with E-state index in [1.807, 2.05) is 24.3 Å². The maximum Gasteiger partial charge on any atom is 0.141 e. The van der Waals surface area contributed by atoms with Crippen LogP contribution in [0.25, 0.3) is 0 Å². The number of aryl methyl sites for hydroxylation is 1. The van der Waals surface area contributed by atoms with E-state index in [1.165, 1.54) is 11.1 Å². The topological polar surface area (TPSA) is 47.3 Å². The molecule has 0 amide bonds. The molecule has 0 radical (unpaired) electrons. The third-order valence-electron chi connectivity index (χ3n) is 3.26. The van der Waals surface area contributed by atoms with E-state index in [9.17, 15) is 0 Å². The number of nitrogens with one attached hydrogen (secondary N) is 1. The van der Waals surface area contributed by atoms with Gasteiger partial charge in [-0.25, -0.2) is 0 Å². The normalized spacial score (nSPS) is 12.0. The summed E-state index contributed by atoms with van der Waals surface area (Å²) in [6.07, 6.45) is 0. The van der Waals surface area contributed by atoms with Crippen molar-refractivity contribution in [2.45, 2.75) is 13.0 Å². The Morgan fingerprint density at radius 1 is 1.25 bits per heavy atom. The second-order valence-corrected chi connectivity index (χ2v) is 5.50. The summed E-state index contributed by atoms with van der Waals surface area (Å²) >= 11 is 3.52. The molecule has 0 saturated carbocycles. The Hall–Kier alpha value is -1.52. The predicted molar refractivity (Wildman–Crippen MR) is 87.3 cm³/mol. The number of halogens is 1. The maximum atomic E-state index is 5.92. The van der Waals surface area contributed by atoms with E-state index in [-0.39, 0.29) is 6.04 Å². The van der Waals surface area contributed by atoms with Gasteiger partial charge in [-0.15, -0.1) is 0 Å². The molecule has 2 rings (SSSR count). The molecule has 2 aromatic carbocycles. The van der Waals surface area contributed by atoms with Crippen LogP contribution in [0.2, 0.25) is 0 Å². The Labute approximate surface area is 128 Å². The smallest absolute Gasteiger partial charge is 0.141 e. The Balaban J connectivity index is 2.26. The van der Waals surface area contributed by atoms with E-state index in [0.29, 0.717) is 6.54 Å². The second-order valence-electron chi connectivity index (χ2n) is 4.64. The van der Waals surface area contributed by atoms with Gasteiger partial charge in [0.1, 0.15) is 5.75 Å². The van der Waals surface area contributed by atoms with Gasteiger partial charge in [-0.1, -0.05) is 40.2 Å². The van der Waals surface area contributed by atoms with Crippen molar-refractivity contribution in [3.05, 3.63) is 58.1 Å². The molecule has 0 aliphatic carbocycles. The van der Waals surface area contributed by atoms with Crippen LogP contribution < -0.4 is 15.8 Å². The van der Waals surface area contributed by atoms with Crippen LogP contribution in [0, 0.1) is 6.92 Å². The fraction of sp³-hybridized carbons (Fsp3) is 0.250. The van der Waals surface area contributed by atoms with E-state index in [1.54, 1.807) is 7.11 Å². The van der Waals surface area contributed by atoms with Gasteiger partial charge in [-0.05, 0) is 36.2 Å². The number of ether oxygens (including phenoxy) is 1. The average Bonchev–Trinajstić information content (AvgIpc) is 2.48. The molecule has 3 N–H and O–H groups in total. The van der Waals surface area contributed by atoms with Crippen molar-refractivity contribution < 1.29 is 4.74 Å². The standard InChI is InChI=1S/C16H19BrN2O/c1-11-9-12(7-8-13(11)17)15(10-18)19-14-5-3-4-6-16(14)20-2/h3-9,15,19H,10,18H2,1-2H3. The summed E-state index contributed by atoms with van der Waals surface area (Å²) in [6, 6.07) is 14.2. The molecule has 20 heavy (non-hydrogen) atoms. The number of benzene rings is 2. The molecule has 0 aliphatic heterocycles.